The Balaban J connectivity index is 2.15. The maximum absolute atomic E-state index is 11.1. The number of carbonyl (C=O) groups excluding carboxylic acids is 1. The van der Waals surface area contributed by atoms with E-state index in [9.17, 15) is 4.79 Å². The molecule has 0 fully saturated rings. The molecule has 2 aromatic rings. The van der Waals surface area contributed by atoms with Crippen molar-refractivity contribution in [1.82, 2.24) is 4.98 Å². The molecule has 1 amide bonds. The molecule has 1 unspecified atom stereocenters. The van der Waals surface area contributed by atoms with Gasteiger partial charge in [0.15, 0.2) is 0 Å². The number of pyridine rings is 1. The van der Waals surface area contributed by atoms with Crippen LogP contribution in [0.25, 0.3) is 0 Å². The normalized spacial score (nSPS) is 11.6. The number of nitrogens with one attached hydrogen (secondary N) is 2. The molecule has 0 aliphatic carbocycles. The summed E-state index contributed by atoms with van der Waals surface area (Å²) in [6, 6.07) is 9.63. The third kappa shape index (κ3) is 3.95. The maximum atomic E-state index is 11.1. The molecule has 1 heterocycles. The lowest BCUT2D eigenvalue weighted by atomic mass is 10.1. The van der Waals surface area contributed by atoms with Crippen molar-refractivity contribution in [3.8, 4) is 5.75 Å². The first-order chi connectivity index (χ1) is 10.1. The van der Waals surface area contributed by atoms with E-state index in [0.717, 1.165) is 11.3 Å². The molecule has 1 atom stereocenters. The van der Waals surface area contributed by atoms with Gasteiger partial charge in [0.1, 0.15) is 5.75 Å². The molecule has 0 bridgehead atoms. The second kappa shape index (κ2) is 6.74. The smallest absolute Gasteiger partial charge is 0.221 e. The van der Waals surface area contributed by atoms with Crippen LogP contribution in [-0.2, 0) is 4.79 Å². The molecule has 0 saturated carbocycles. The highest BCUT2D eigenvalue weighted by Crippen LogP contribution is 2.29. The van der Waals surface area contributed by atoms with Gasteiger partial charge >= 0.3 is 0 Å². The Morgan fingerprint density at radius 3 is 2.76 bits per heavy atom. The topological polar surface area (TPSA) is 63.2 Å². The Hall–Kier alpha value is -2.56. The Bertz CT molecular complexity index is 614. The summed E-state index contributed by atoms with van der Waals surface area (Å²) < 4.78 is 5.31. The second-order valence-corrected chi connectivity index (χ2v) is 4.75. The summed E-state index contributed by atoms with van der Waals surface area (Å²) in [5.74, 6) is 0.492. The van der Waals surface area contributed by atoms with Crippen molar-refractivity contribution in [2.75, 3.05) is 17.7 Å². The summed E-state index contributed by atoms with van der Waals surface area (Å²) in [5.41, 5.74) is 2.67. The van der Waals surface area contributed by atoms with Gasteiger partial charge in [-0.1, -0.05) is 6.07 Å². The van der Waals surface area contributed by atoms with E-state index in [1.54, 1.807) is 13.3 Å². The number of nitrogens with zero attached hydrogens (tertiary/aromatic N) is 1. The Labute approximate surface area is 124 Å². The summed E-state index contributed by atoms with van der Waals surface area (Å²) in [4.78, 5) is 15.3. The van der Waals surface area contributed by atoms with Crippen LogP contribution in [0.5, 0.6) is 5.75 Å². The molecule has 0 aliphatic rings. The summed E-state index contributed by atoms with van der Waals surface area (Å²) in [5, 5.41) is 6.12. The van der Waals surface area contributed by atoms with Gasteiger partial charge in [0, 0.05) is 31.1 Å². The number of anilines is 2. The highest BCUT2D eigenvalue weighted by Gasteiger charge is 2.09. The fraction of sp³-hybridized carbons (Fsp3) is 0.250. The van der Waals surface area contributed by atoms with Crippen LogP contribution in [0.4, 0.5) is 11.4 Å². The number of ether oxygens (including phenoxy) is 1. The molecule has 0 spiro atoms. The predicted molar refractivity (Wildman–Crippen MR) is 83.6 cm³/mol. The SMILES string of the molecule is COc1cc(NC(C)c2cccnc2)ccc1NC(C)=O. The monoisotopic (exact) mass is 285 g/mol. The Kier molecular flexibility index (Phi) is 4.77. The minimum atomic E-state index is -0.127. The Morgan fingerprint density at radius 2 is 2.14 bits per heavy atom. The quantitative estimate of drug-likeness (QED) is 0.885. The molecule has 5 heteroatoms. The first-order valence-electron chi connectivity index (χ1n) is 6.72. The third-order valence-electron chi connectivity index (χ3n) is 3.08. The van der Waals surface area contributed by atoms with Gasteiger partial charge in [0.2, 0.25) is 5.91 Å². The minimum absolute atomic E-state index is 0.120. The van der Waals surface area contributed by atoms with Crippen molar-refractivity contribution < 1.29 is 9.53 Å². The van der Waals surface area contributed by atoms with Crippen LogP contribution in [0.2, 0.25) is 0 Å². The molecule has 0 radical (unpaired) electrons. The summed E-state index contributed by atoms with van der Waals surface area (Å²) in [6.45, 7) is 3.53. The highest BCUT2D eigenvalue weighted by molar-refractivity contribution is 5.90. The van der Waals surface area contributed by atoms with Crippen molar-refractivity contribution in [3.63, 3.8) is 0 Å². The van der Waals surface area contributed by atoms with E-state index in [1.807, 2.05) is 36.5 Å². The van der Waals surface area contributed by atoms with E-state index in [2.05, 4.69) is 22.5 Å². The lowest BCUT2D eigenvalue weighted by molar-refractivity contribution is -0.114. The van der Waals surface area contributed by atoms with Crippen molar-refractivity contribution in [3.05, 3.63) is 48.3 Å². The largest absolute Gasteiger partial charge is 0.494 e. The van der Waals surface area contributed by atoms with Crippen LogP contribution in [0, 0.1) is 0 Å². The van der Waals surface area contributed by atoms with Crippen LogP contribution < -0.4 is 15.4 Å². The molecular formula is C16H19N3O2. The molecule has 0 saturated heterocycles. The number of aromatic nitrogens is 1. The fourth-order valence-electron chi connectivity index (χ4n) is 2.04. The van der Waals surface area contributed by atoms with Gasteiger partial charge in [-0.25, -0.2) is 0 Å². The third-order valence-corrected chi connectivity index (χ3v) is 3.08. The van der Waals surface area contributed by atoms with Crippen LogP contribution in [-0.4, -0.2) is 18.0 Å². The Morgan fingerprint density at radius 1 is 1.33 bits per heavy atom. The van der Waals surface area contributed by atoms with E-state index in [-0.39, 0.29) is 11.9 Å². The summed E-state index contributed by atoms with van der Waals surface area (Å²) in [7, 11) is 1.58. The van der Waals surface area contributed by atoms with Crippen LogP contribution in [0.1, 0.15) is 25.5 Å². The van der Waals surface area contributed by atoms with Crippen molar-refractivity contribution in [2.45, 2.75) is 19.9 Å². The lowest BCUT2D eigenvalue weighted by Crippen LogP contribution is -2.09. The highest BCUT2D eigenvalue weighted by atomic mass is 16.5. The summed E-state index contributed by atoms with van der Waals surface area (Å²) >= 11 is 0. The first-order valence-corrected chi connectivity index (χ1v) is 6.72. The summed E-state index contributed by atoms with van der Waals surface area (Å²) in [6.07, 6.45) is 3.59. The molecule has 110 valence electrons. The van der Waals surface area contributed by atoms with Crippen LogP contribution in [0.15, 0.2) is 42.7 Å². The van der Waals surface area contributed by atoms with Crippen molar-refractivity contribution in [1.29, 1.82) is 0 Å². The lowest BCUT2D eigenvalue weighted by Gasteiger charge is -2.17. The van der Waals surface area contributed by atoms with Crippen molar-refractivity contribution >= 4 is 17.3 Å². The van der Waals surface area contributed by atoms with Gasteiger partial charge in [-0.2, -0.15) is 0 Å². The molecule has 0 aliphatic heterocycles. The number of amides is 1. The van der Waals surface area contributed by atoms with Gasteiger partial charge in [0.25, 0.3) is 0 Å². The standard InChI is InChI=1S/C16H19N3O2/c1-11(13-5-4-8-17-10-13)18-14-6-7-15(19-12(2)20)16(9-14)21-3/h4-11,18H,1-3H3,(H,19,20). The molecule has 2 rings (SSSR count). The molecule has 21 heavy (non-hydrogen) atoms. The number of hydrogen-bond donors (Lipinski definition) is 2. The second-order valence-electron chi connectivity index (χ2n) is 4.75. The average Bonchev–Trinajstić information content (AvgIpc) is 2.49. The van der Waals surface area contributed by atoms with Crippen LogP contribution in [0.3, 0.4) is 0 Å². The molecule has 1 aromatic heterocycles. The zero-order valence-corrected chi connectivity index (χ0v) is 12.4. The molecular weight excluding hydrogens is 266 g/mol. The predicted octanol–water partition coefficient (Wildman–Crippen LogP) is 3.22. The zero-order valence-electron chi connectivity index (χ0n) is 12.4. The van der Waals surface area contributed by atoms with Gasteiger partial charge in [-0.15, -0.1) is 0 Å². The number of methoxy groups -OCH3 is 1. The average molecular weight is 285 g/mol. The van der Waals surface area contributed by atoms with Crippen molar-refractivity contribution in [2.24, 2.45) is 0 Å². The zero-order chi connectivity index (χ0) is 15.2. The van der Waals surface area contributed by atoms with E-state index in [4.69, 9.17) is 4.74 Å². The van der Waals surface area contributed by atoms with E-state index >= 15 is 0 Å². The van der Waals surface area contributed by atoms with Gasteiger partial charge in [-0.05, 0) is 30.7 Å². The van der Waals surface area contributed by atoms with Gasteiger partial charge in [-0.3, -0.25) is 9.78 Å². The van der Waals surface area contributed by atoms with Crippen LogP contribution >= 0.6 is 0 Å². The maximum Gasteiger partial charge on any atom is 0.221 e. The molecule has 1 aromatic carbocycles. The molecule has 2 N–H and O–H groups in total. The van der Waals surface area contributed by atoms with E-state index in [1.165, 1.54) is 6.92 Å². The first kappa shape index (κ1) is 14.8. The fourth-order valence-corrected chi connectivity index (χ4v) is 2.04. The number of benzene rings is 1. The van der Waals surface area contributed by atoms with E-state index in [0.29, 0.717) is 11.4 Å². The number of rotatable bonds is 5. The van der Waals surface area contributed by atoms with E-state index < -0.39 is 0 Å². The number of carbonyl (C=O) groups is 1. The number of hydrogen-bond acceptors (Lipinski definition) is 4. The molecule has 5 nitrogen and oxygen atoms in total. The van der Waals surface area contributed by atoms with Gasteiger partial charge < -0.3 is 15.4 Å². The minimum Gasteiger partial charge on any atom is -0.494 e. The van der Waals surface area contributed by atoms with Gasteiger partial charge in [0.05, 0.1) is 18.8 Å².